The molecule has 0 radical (unpaired) electrons. The molecule has 3 rings (SSSR count). The summed E-state index contributed by atoms with van der Waals surface area (Å²) in [5.41, 5.74) is 9.31. The molecule has 2 aromatic rings. The molecule has 2 atom stereocenters. The smallest absolute Gasteiger partial charge is 0.122 e. The Morgan fingerprint density at radius 1 is 1.23 bits per heavy atom. The van der Waals surface area contributed by atoms with Gasteiger partial charge < -0.3 is 9.73 Å². The molecule has 1 saturated heterocycles. The topological polar surface area (TPSA) is 52.5 Å². The molecule has 1 aromatic heterocycles. The standard InChI is InChI=1S/C21H32N4O/c1-15(2)25(4)14-18-7-5-6-17(10-18)11-22-12-19-13-23-24-21(19)20-9-8-16(3)26-20/h5-10,15,19,21-24H,11-14H2,1-4H3. The third kappa shape index (κ3) is 4.95. The van der Waals surface area contributed by atoms with E-state index in [1.165, 1.54) is 11.1 Å². The Bertz CT molecular complexity index is 697. The number of aryl methyl sites for hydroxylation is 1. The Labute approximate surface area is 157 Å². The number of hydrogen-bond donors (Lipinski definition) is 3. The lowest BCUT2D eigenvalue weighted by Crippen LogP contribution is -2.28. The molecule has 26 heavy (non-hydrogen) atoms. The van der Waals surface area contributed by atoms with Crippen molar-refractivity contribution in [1.29, 1.82) is 0 Å². The van der Waals surface area contributed by atoms with Crippen LogP contribution in [0.3, 0.4) is 0 Å². The number of hydrazine groups is 1. The molecular weight excluding hydrogens is 324 g/mol. The number of nitrogens with zero attached hydrogens (tertiary/aromatic N) is 1. The molecule has 3 N–H and O–H groups in total. The zero-order valence-corrected chi connectivity index (χ0v) is 16.4. The van der Waals surface area contributed by atoms with Gasteiger partial charge in [-0.05, 0) is 51.1 Å². The van der Waals surface area contributed by atoms with Crippen LogP contribution in [0.1, 0.15) is 42.5 Å². The summed E-state index contributed by atoms with van der Waals surface area (Å²) >= 11 is 0. The van der Waals surface area contributed by atoms with Crippen molar-refractivity contribution in [3.05, 3.63) is 59.0 Å². The van der Waals surface area contributed by atoms with Crippen molar-refractivity contribution in [1.82, 2.24) is 21.1 Å². The largest absolute Gasteiger partial charge is 0.465 e. The van der Waals surface area contributed by atoms with Gasteiger partial charge in [-0.3, -0.25) is 10.3 Å². The van der Waals surface area contributed by atoms with Gasteiger partial charge in [0.2, 0.25) is 0 Å². The molecule has 0 aliphatic carbocycles. The van der Waals surface area contributed by atoms with Gasteiger partial charge in [0.15, 0.2) is 0 Å². The third-order valence-corrected chi connectivity index (χ3v) is 5.20. The van der Waals surface area contributed by atoms with Crippen LogP contribution in [0.2, 0.25) is 0 Å². The van der Waals surface area contributed by atoms with E-state index in [2.05, 4.69) is 72.3 Å². The molecule has 1 aliphatic rings. The first kappa shape index (κ1) is 19.1. The lowest BCUT2D eigenvalue weighted by Gasteiger charge is -2.21. The number of rotatable bonds is 8. The maximum atomic E-state index is 5.80. The van der Waals surface area contributed by atoms with Gasteiger partial charge in [-0.2, -0.15) is 0 Å². The number of benzene rings is 1. The zero-order chi connectivity index (χ0) is 18.5. The van der Waals surface area contributed by atoms with Gasteiger partial charge in [0, 0.05) is 38.1 Å². The maximum Gasteiger partial charge on any atom is 0.122 e. The van der Waals surface area contributed by atoms with Crippen LogP contribution in [-0.4, -0.2) is 31.1 Å². The summed E-state index contributed by atoms with van der Waals surface area (Å²) in [5.74, 6) is 2.44. The fraction of sp³-hybridized carbons (Fsp3) is 0.524. The summed E-state index contributed by atoms with van der Waals surface area (Å²) < 4.78 is 5.80. The maximum absolute atomic E-state index is 5.80. The fourth-order valence-corrected chi connectivity index (χ4v) is 3.36. The second kappa shape index (κ2) is 8.82. The van der Waals surface area contributed by atoms with E-state index in [4.69, 9.17) is 4.42 Å². The van der Waals surface area contributed by atoms with Crippen LogP contribution in [0.5, 0.6) is 0 Å². The van der Waals surface area contributed by atoms with E-state index >= 15 is 0 Å². The molecule has 2 unspecified atom stereocenters. The third-order valence-electron chi connectivity index (χ3n) is 5.20. The van der Waals surface area contributed by atoms with E-state index in [1.54, 1.807) is 0 Å². The first-order chi connectivity index (χ1) is 12.5. The SMILES string of the molecule is Cc1ccc(C2NNCC2CNCc2cccc(CN(C)C(C)C)c2)o1. The molecule has 2 heterocycles. The van der Waals surface area contributed by atoms with Crippen LogP contribution in [0.4, 0.5) is 0 Å². The highest BCUT2D eigenvalue weighted by molar-refractivity contribution is 5.23. The van der Waals surface area contributed by atoms with Crippen molar-refractivity contribution >= 4 is 0 Å². The lowest BCUT2D eigenvalue weighted by molar-refractivity contribution is 0.265. The van der Waals surface area contributed by atoms with Crippen LogP contribution in [0.15, 0.2) is 40.8 Å². The van der Waals surface area contributed by atoms with Crippen molar-refractivity contribution < 1.29 is 4.42 Å². The first-order valence-electron chi connectivity index (χ1n) is 9.56. The van der Waals surface area contributed by atoms with E-state index in [9.17, 15) is 0 Å². The van der Waals surface area contributed by atoms with Gasteiger partial charge in [-0.1, -0.05) is 24.3 Å². The molecule has 0 spiro atoms. The minimum atomic E-state index is 0.224. The molecule has 0 amide bonds. The summed E-state index contributed by atoms with van der Waals surface area (Å²) in [4.78, 5) is 2.36. The van der Waals surface area contributed by atoms with Crippen LogP contribution >= 0.6 is 0 Å². The van der Waals surface area contributed by atoms with Gasteiger partial charge in [-0.15, -0.1) is 0 Å². The van der Waals surface area contributed by atoms with Crippen molar-refractivity contribution in [3.63, 3.8) is 0 Å². The Balaban J connectivity index is 1.51. The average molecular weight is 357 g/mol. The Hall–Kier alpha value is -1.66. The van der Waals surface area contributed by atoms with Crippen LogP contribution in [-0.2, 0) is 13.1 Å². The van der Waals surface area contributed by atoms with E-state index < -0.39 is 0 Å². The Kier molecular flexibility index (Phi) is 6.48. The second-order valence-electron chi connectivity index (χ2n) is 7.67. The van der Waals surface area contributed by atoms with E-state index in [-0.39, 0.29) is 6.04 Å². The van der Waals surface area contributed by atoms with Crippen molar-refractivity contribution in [2.24, 2.45) is 5.92 Å². The highest BCUT2D eigenvalue weighted by Gasteiger charge is 2.30. The monoisotopic (exact) mass is 356 g/mol. The predicted octanol–water partition coefficient (Wildman–Crippen LogP) is 2.98. The molecule has 1 aliphatic heterocycles. The quantitative estimate of drug-likeness (QED) is 0.679. The fourth-order valence-electron chi connectivity index (χ4n) is 3.36. The number of nitrogens with one attached hydrogen (secondary N) is 3. The van der Waals surface area contributed by atoms with E-state index in [0.29, 0.717) is 12.0 Å². The summed E-state index contributed by atoms with van der Waals surface area (Å²) in [6.45, 7) is 10.2. The highest BCUT2D eigenvalue weighted by atomic mass is 16.3. The van der Waals surface area contributed by atoms with Crippen molar-refractivity contribution in [3.8, 4) is 0 Å². The van der Waals surface area contributed by atoms with E-state index in [0.717, 1.165) is 37.7 Å². The molecule has 5 nitrogen and oxygen atoms in total. The Morgan fingerprint density at radius 2 is 2.04 bits per heavy atom. The number of hydrogen-bond acceptors (Lipinski definition) is 5. The molecule has 1 fully saturated rings. The minimum absolute atomic E-state index is 0.224. The van der Waals surface area contributed by atoms with E-state index in [1.807, 2.05) is 13.0 Å². The normalized spacial score (nSPS) is 20.4. The molecular formula is C21H32N4O. The zero-order valence-electron chi connectivity index (χ0n) is 16.4. The summed E-state index contributed by atoms with van der Waals surface area (Å²) in [6.07, 6.45) is 0. The molecule has 0 bridgehead atoms. The van der Waals surface area contributed by atoms with Gasteiger partial charge >= 0.3 is 0 Å². The van der Waals surface area contributed by atoms with Crippen LogP contribution < -0.4 is 16.2 Å². The summed E-state index contributed by atoms with van der Waals surface area (Å²) in [5, 5.41) is 3.62. The van der Waals surface area contributed by atoms with Crippen molar-refractivity contribution in [2.45, 2.75) is 45.9 Å². The van der Waals surface area contributed by atoms with Gasteiger partial charge in [0.1, 0.15) is 11.5 Å². The first-order valence-corrected chi connectivity index (χ1v) is 9.56. The lowest BCUT2D eigenvalue weighted by atomic mass is 10.00. The number of furan rings is 1. The van der Waals surface area contributed by atoms with Crippen LogP contribution in [0.25, 0.3) is 0 Å². The average Bonchev–Trinajstić information content (AvgIpc) is 3.24. The molecule has 0 saturated carbocycles. The highest BCUT2D eigenvalue weighted by Crippen LogP contribution is 2.26. The molecule has 5 heteroatoms. The molecule has 1 aromatic carbocycles. The van der Waals surface area contributed by atoms with Crippen molar-refractivity contribution in [2.75, 3.05) is 20.1 Å². The van der Waals surface area contributed by atoms with Gasteiger partial charge in [0.25, 0.3) is 0 Å². The van der Waals surface area contributed by atoms with Gasteiger partial charge in [-0.25, -0.2) is 5.43 Å². The van der Waals surface area contributed by atoms with Gasteiger partial charge in [0.05, 0.1) is 6.04 Å². The molecule has 142 valence electrons. The predicted molar refractivity (Wildman–Crippen MR) is 106 cm³/mol. The summed E-state index contributed by atoms with van der Waals surface area (Å²) in [6, 6.07) is 13.8. The summed E-state index contributed by atoms with van der Waals surface area (Å²) in [7, 11) is 2.17. The second-order valence-corrected chi connectivity index (χ2v) is 7.67. The minimum Gasteiger partial charge on any atom is -0.465 e. The van der Waals surface area contributed by atoms with Crippen LogP contribution in [0, 0.1) is 12.8 Å². The Morgan fingerprint density at radius 3 is 2.77 bits per heavy atom.